The highest BCUT2D eigenvalue weighted by atomic mass is 16.5. The number of carbonyl (C=O) groups excluding carboxylic acids is 1. The van der Waals surface area contributed by atoms with Crippen molar-refractivity contribution < 1.29 is 19.1 Å². The number of ether oxygens (including phenoxy) is 1. The van der Waals surface area contributed by atoms with Crippen molar-refractivity contribution in [1.82, 2.24) is 10.6 Å². The topological polar surface area (TPSA) is 83.7 Å². The zero-order valence-electron chi connectivity index (χ0n) is 17.6. The molecule has 5 rings (SSSR count). The third kappa shape index (κ3) is 3.82. The first-order chi connectivity index (χ1) is 15.1. The maximum atomic E-state index is 13.6. The van der Waals surface area contributed by atoms with Gasteiger partial charge in [0, 0.05) is 10.9 Å². The van der Waals surface area contributed by atoms with Crippen molar-refractivity contribution in [3.05, 3.63) is 54.1 Å². The van der Waals surface area contributed by atoms with E-state index < -0.39 is 6.10 Å². The van der Waals surface area contributed by atoms with Crippen LogP contribution in [0.1, 0.15) is 30.1 Å². The fourth-order valence-electron chi connectivity index (χ4n) is 5.04. The molecule has 2 aromatic carbocycles. The van der Waals surface area contributed by atoms with E-state index in [0.29, 0.717) is 46.5 Å². The van der Waals surface area contributed by atoms with E-state index >= 15 is 0 Å². The van der Waals surface area contributed by atoms with Gasteiger partial charge in [-0.1, -0.05) is 30.3 Å². The second-order valence-corrected chi connectivity index (χ2v) is 8.56. The summed E-state index contributed by atoms with van der Waals surface area (Å²) in [6, 6.07) is 14.9. The number of fused-ring (bicyclic) bond motifs is 2. The quantitative estimate of drug-likeness (QED) is 0.588. The highest BCUT2D eigenvalue weighted by Crippen LogP contribution is 2.37. The Bertz CT molecular complexity index is 1080. The Morgan fingerprint density at radius 1 is 1.16 bits per heavy atom. The van der Waals surface area contributed by atoms with E-state index in [-0.39, 0.29) is 11.9 Å². The predicted octanol–water partition coefficient (Wildman–Crippen LogP) is 3.59. The zero-order valence-corrected chi connectivity index (χ0v) is 17.6. The first-order valence-electron chi connectivity index (χ1n) is 11.1. The summed E-state index contributed by atoms with van der Waals surface area (Å²) in [5.41, 5.74) is 1.96. The Morgan fingerprint density at radius 3 is 2.71 bits per heavy atom. The third-order valence-corrected chi connectivity index (χ3v) is 6.60. The van der Waals surface area contributed by atoms with E-state index in [4.69, 9.17) is 9.15 Å². The van der Waals surface area contributed by atoms with Crippen LogP contribution in [-0.2, 0) is 0 Å². The molecule has 162 valence electrons. The van der Waals surface area contributed by atoms with Crippen LogP contribution in [0.3, 0.4) is 0 Å². The average molecular weight is 421 g/mol. The maximum absolute atomic E-state index is 13.6. The van der Waals surface area contributed by atoms with Crippen molar-refractivity contribution in [3.63, 3.8) is 0 Å². The van der Waals surface area contributed by atoms with Crippen molar-refractivity contribution in [2.24, 2.45) is 11.8 Å². The minimum Gasteiger partial charge on any atom is -0.494 e. The normalized spacial score (nSPS) is 25.4. The molecule has 2 aliphatic rings. The van der Waals surface area contributed by atoms with Gasteiger partial charge in [0.25, 0.3) is 5.91 Å². The summed E-state index contributed by atoms with van der Waals surface area (Å²) >= 11 is 0. The Morgan fingerprint density at radius 2 is 1.94 bits per heavy atom. The van der Waals surface area contributed by atoms with Gasteiger partial charge in [-0.05, 0) is 62.9 Å². The van der Waals surface area contributed by atoms with Gasteiger partial charge in [-0.2, -0.15) is 0 Å². The molecule has 2 heterocycles. The van der Waals surface area contributed by atoms with Gasteiger partial charge in [0.2, 0.25) is 0 Å². The molecule has 1 aromatic heterocycles. The fourth-order valence-corrected chi connectivity index (χ4v) is 5.04. The van der Waals surface area contributed by atoms with E-state index in [1.54, 1.807) is 0 Å². The molecule has 6 nitrogen and oxygen atoms in total. The lowest BCUT2D eigenvalue weighted by Crippen LogP contribution is -2.49. The Balaban J connectivity index is 1.52. The van der Waals surface area contributed by atoms with Gasteiger partial charge in [-0.3, -0.25) is 4.79 Å². The van der Waals surface area contributed by atoms with Gasteiger partial charge in [0.15, 0.2) is 0 Å². The molecular formula is C25H28N2O4. The van der Waals surface area contributed by atoms with Crippen LogP contribution < -0.4 is 15.4 Å². The van der Waals surface area contributed by atoms with E-state index in [2.05, 4.69) is 10.6 Å². The van der Waals surface area contributed by atoms with Crippen LogP contribution in [0.15, 0.2) is 52.9 Å². The highest BCUT2D eigenvalue weighted by molar-refractivity contribution is 6.11. The molecule has 3 N–H and O–H groups in total. The van der Waals surface area contributed by atoms with Crippen LogP contribution in [0.25, 0.3) is 22.3 Å². The van der Waals surface area contributed by atoms with E-state index in [1.807, 2.05) is 55.5 Å². The number of carbonyl (C=O) groups is 1. The minimum absolute atomic E-state index is 0.222. The van der Waals surface area contributed by atoms with Crippen LogP contribution >= 0.6 is 0 Å². The van der Waals surface area contributed by atoms with Gasteiger partial charge in [0.1, 0.15) is 17.1 Å². The van der Waals surface area contributed by atoms with Crippen LogP contribution in [0.5, 0.6) is 5.75 Å². The summed E-state index contributed by atoms with van der Waals surface area (Å²) in [6.45, 7) is 4.37. The maximum Gasteiger partial charge on any atom is 0.256 e. The summed E-state index contributed by atoms with van der Waals surface area (Å²) < 4.78 is 11.8. The lowest BCUT2D eigenvalue weighted by molar-refractivity contribution is 0.0462. The third-order valence-electron chi connectivity index (χ3n) is 6.60. The summed E-state index contributed by atoms with van der Waals surface area (Å²) in [5.74, 6) is 1.99. The standard InChI is InChI=1S/C25H28N2O4/c1-2-30-18-8-9-22-19(12-18)23(24(31-22)15-6-4-3-5-7-15)25(29)27-20-10-16-13-26-14-17(16)11-21(20)28/h3-9,12,16-17,20-21,26,28H,2,10-11,13-14H2,1H3,(H,27,29)/t16-,17+,20-,21-/m0/s1. The zero-order chi connectivity index (χ0) is 21.4. The molecule has 3 aromatic rings. The molecular weight excluding hydrogens is 392 g/mol. The molecule has 1 aliphatic heterocycles. The lowest BCUT2D eigenvalue weighted by Gasteiger charge is -2.35. The number of aliphatic hydroxyl groups is 1. The van der Waals surface area contributed by atoms with Gasteiger partial charge in [-0.15, -0.1) is 0 Å². The summed E-state index contributed by atoms with van der Waals surface area (Å²) in [6.07, 6.45) is 0.961. The first kappa shape index (κ1) is 20.1. The van der Waals surface area contributed by atoms with Crippen LogP contribution in [0.2, 0.25) is 0 Å². The van der Waals surface area contributed by atoms with Gasteiger partial charge >= 0.3 is 0 Å². The molecule has 0 unspecified atom stereocenters. The Labute approximate surface area is 181 Å². The number of hydrogen-bond donors (Lipinski definition) is 3. The van der Waals surface area contributed by atoms with E-state index in [1.165, 1.54) is 0 Å². The average Bonchev–Trinajstić information content (AvgIpc) is 3.38. The Kier molecular flexibility index (Phi) is 5.42. The summed E-state index contributed by atoms with van der Waals surface area (Å²) in [4.78, 5) is 13.6. The minimum atomic E-state index is -0.539. The number of hydrogen-bond acceptors (Lipinski definition) is 5. The lowest BCUT2D eigenvalue weighted by atomic mass is 9.77. The van der Waals surface area contributed by atoms with E-state index in [9.17, 15) is 9.90 Å². The fraction of sp³-hybridized carbons (Fsp3) is 0.400. The number of benzene rings is 2. The predicted molar refractivity (Wildman–Crippen MR) is 119 cm³/mol. The smallest absolute Gasteiger partial charge is 0.256 e. The summed E-state index contributed by atoms with van der Waals surface area (Å²) in [7, 11) is 0. The molecule has 6 heteroatoms. The highest BCUT2D eigenvalue weighted by Gasteiger charge is 2.39. The first-order valence-corrected chi connectivity index (χ1v) is 11.1. The van der Waals surface area contributed by atoms with Crippen molar-refractivity contribution in [1.29, 1.82) is 0 Å². The van der Waals surface area contributed by atoms with Gasteiger partial charge in [-0.25, -0.2) is 0 Å². The Hall–Kier alpha value is -2.83. The summed E-state index contributed by atoms with van der Waals surface area (Å²) in [5, 5.41) is 17.9. The van der Waals surface area contributed by atoms with Gasteiger partial charge in [0.05, 0.1) is 24.3 Å². The van der Waals surface area contributed by atoms with Crippen molar-refractivity contribution in [2.45, 2.75) is 31.9 Å². The van der Waals surface area contributed by atoms with Crippen LogP contribution in [0, 0.1) is 11.8 Å². The molecule has 0 spiro atoms. The SMILES string of the molecule is CCOc1ccc2oc(-c3ccccc3)c(C(=O)N[C@H]3C[C@H]4CNC[C@H]4C[C@@H]3O)c2c1. The van der Waals surface area contributed by atoms with Crippen LogP contribution in [-0.4, -0.2) is 42.9 Å². The van der Waals surface area contributed by atoms with Crippen molar-refractivity contribution in [3.8, 4) is 17.1 Å². The van der Waals surface area contributed by atoms with E-state index in [0.717, 1.165) is 31.5 Å². The van der Waals surface area contributed by atoms with Crippen molar-refractivity contribution in [2.75, 3.05) is 19.7 Å². The molecule has 0 bridgehead atoms. The molecule has 1 amide bonds. The monoisotopic (exact) mass is 420 g/mol. The molecule has 2 fully saturated rings. The molecule has 1 saturated heterocycles. The number of nitrogens with one attached hydrogen (secondary N) is 2. The number of rotatable bonds is 5. The molecule has 1 saturated carbocycles. The number of aliphatic hydroxyl groups excluding tert-OH is 1. The second kappa shape index (κ2) is 8.36. The largest absolute Gasteiger partial charge is 0.494 e. The molecule has 4 atom stereocenters. The molecule has 0 radical (unpaired) electrons. The molecule has 1 aliphatic carbocycles. The van der Waals surface area contributed by atoms with Crippen molar-refractivity contribution >= 4 is 16.9 Å². The van der Waals surface area contributed by atoms with Crippen LogP contribution in [0.4, 0.5) is 0 Å². The van der Waals surface area contributed by atoms with Gasteiger partial charge < -0.3 is 24.9 Å². The number of furan rings is 1. The molecule has 31 heavy (non-hydrogen) atoms. The second-order valence-electron chi connectivity index (χ2n) is 8.56. The number of amides is 1.